The van der Waals surface area contributed by atoms with Crippen molar-refractivity contribution in [2.45, 2.75) is 81.7 Å². The maximum Gasteiger partial charge on any atom is 0.344 e. The van der Waals surface area contributed by atoms with E-state index in [0.29, 0.717) is 45.5 Å². The SMILES string of the molecule is CC(C)S(=O)(=O)NC(=O)c1ccc(N2[C@@H]3CC[C@H]2C[C@@H](OC(=O)c2c(-c4c(Cl)cccc4Cl)noc2C2CC2)C3)cc1. The van der Waals surface area contributed by atoms with Crippen molar-refractivity contribution in [3.05, 3.63) is 69.4 Å². The number of rotatable bonds is 8. The number of aromatic nitrogens is 1. The first-order valence-electron chi connectivity index (χ1n) is 14.1. The fourth-order valence-electron chi connectivity index (χ4n) is 5.97. The summed E-state index contributed by atoms with van der Waals surface area (Å²) in [5.74, 6) is -0.477. The van der Waals surface area contributed by atoms with Gasteiger partial charge in [0.2, 0.25) is 10.0 Å². The van der Waals surface area contributed by atoms with Gasteiger partial charge in [-0.05, 0) is 75.9 Å². The van der Waals surface area contributed by atoms with E-state index >= 15 is 0 Å². The number of anilines is 1. The van der Waals surface area contributed by atoms with Crippen molar-refractivity contribution >= 4 is 50.8 Å². The van der Waals surface area contributed by atoms with E-state index in [1.807, 2.05) is 12.1 Å². The average molecular weight is 633 g/mol. The Balaban J connectivity index is 1.17. The highest BCUT2D eigenvalue weighted by molar-refractivity contribution is 7.90. The third-order valence-electron chi connectivity index (χ3n) is 8.32. The molecule has 3 heterocycles. The van der Waals surface area contributed by atoms with Crippen molar-refractivity contribution in [2.75, 3.05) is 4.90 Å². The fourth-order valence-corrected chi connectivity index (χ4v) is 7.15. The third kappa shape index (κ3) is 5.52. The molecule has 0 radical (unpaired) electrons. The maximum absolute atomic E-state index is 13.7. The number of sulfonamides is 1. The van der Waals surface area contributed by atoms with Gasteiger partial charge < -0.3 is 14.2 Å². The molecule has 3 aliphatic rings. The average Bonchev–Trinajstić information content (AvgIpc) is 3.63. The van der Waals surface area contributed by atoms with E-state index in [1.165, 1.54) is 13.8 Å². The summed E-state index contributed by atoms with van der Waals surface area (Å²) < 4.78 is 38.1. The lowest BCUT2D eigenvalue weighted by molar-refractivity contribution is 0.0202. The summed E-state index contributed by atoms with van der Waals surface area (Å²) in [6.07, 6.45) is 4.77. The molecule has 0 spiro atoms. The number of carbonyl (C=O) groups is 2. The van der Waals surface area contributed by atoms with Crippen LogP contribution < -0.4 is 9.62 Å². The Hall–Kier alpha value is -3.08. The van der Waals surface area contributed by atoms with Crippen LogP contribution >= 0.6 is 23.2 Å². The van der Waals surface area contributed by atoms with E-state index in [9.17, 15) is 18.0 Å². The molecule has 3 aromatic rings. The number of nitrogens with zero attached hydrogens (tertiary/aromatic N) is 2. The summed E-state index contributed by atoms with van der Waals surface area (Å²) in [6, 6.07) is 12.4. The molecule has 9 nitrogen and oxygen atoms in total. The molecule has 1 saturated carbocycles. The monoisotopic (exact) mass is 631 g/mol. The van der Waals surface area contributed by atoms with E-state index in [1.54, 1.807) is 30.3 Å². The summed E-state index contributed by atoms with van der Waals surface area (Å²) in [5.41, 5.74) is 2.28. The first-order chi connectivity index (χ1) is 20.0. The molecule has 12 heteroatoms. The van der Waals surface area contributed by atoms with Crippen LogP contribution in [0.1, 0.15) is 84.8 Å². The van der Waals surface area contributed by atoms with Crippen molar-refractivity contribution in [1.82, 2.24) is 9.88 Å². The predicted molar refractivity (Wildman–Crippen MR) is 160 cm³/mol. The number of fused-ring (bicyclic) bond motifs is 2. The van der Waals surface area contributed by atoms with Gasteiger partial charge in [0.15, 0.2) is 5.76 Å². The van der Waals surface area contributed by atoms with Gasteiger partial charge in [0.25, 0.3) is 5.91 Å². The Morgan fingerprint density at radius 1 is 1.00 bits per heavy atom. The highest BCUT2D eigenvalue weighted by atomic mass is 35.5. The van der Waals surface area contributed by atoms with Gasteiger partial charge in [-0.15, -0.1) is 0 Å². The summed E-state index contributed by atoms with van der Waals surface area (Å²) in [4.78, 5) is 28.5. The summed E-state index contributed by atoms with van der Waals surface area (Å²) in [7, 11) is -3.72. The smallest absolute Gasteiger partial charge is 0.344 e. The Bertz CT molecular complexity index is 1600. The molecular weight excluding hydrogens is 601 g/mol. The van der Waals surface area contributed by atoms with Crippen molar-refractivity contribution in [3.8, 4) is 11.3 Å². The van der Waals surface area contributed by atoms with Crippen molar-refractivity contribution in [2.24, 2.45) is 0 Å². The van der Waals surface area contributed by atoms with Crippen LogP contribution in [0.5, 0.6) is 0 Å². The summed E-state index contributed by atoms with van der Waals surface area (Å²) in [6.45, 7) is 3.03. The molecule has 3 fully saturated rings. The minimum atomic E-state index is -3.72. The third-order valence-corrected chi connectivity index (χ3v) is 10.7. The van der Waals surface area contributed by atoms with E-state index in [0.717, 1.165) is 31.4 Å². The number of hydrogen-bond acceptors (Lipinski definition) is 8. The van der Waals surface area contributed by atoms with Gasteiger partial charge >= 0.3 is 5.97 Å². The van der Waals surface area contributed by atoms with Gasteiger partial charge in [-0.3, -0.25) is 4.79 Å². The first-order valence-corrected chi connectivity index (χ1v) is 16.4. The molecule has 1 aliphatic carbocycles. The second-order valence-electron chi connectivity index (χ2n) is 11.5. The normalized spacial score (nSPS) is 21.9. The zero-order chi connectivity index (χ0) is 29.8. The second-order valence-corrected chi connectivity index (χ2v) is 14.6. The molecule has 1 amide bonds. The van der Waals surface area contributed by atoms with Gasteiger partial charge in [0.1, 0.15) is 17.4 Å². The Morgan fingerprint density at radius 2 is 1.62 bits per heavy atom. The minimum Gasteiger partial charge on any atom is -0.458 e. The number of nitrogens with one attached hydrogen (secondary N) is 1. The van der Waals surface area contributed by atoms with Gasteiger partial charge in [-0.1, -0.05) is 34.4 Å². The van der Waals surface area contributed by atoms with Gasteiger partial charge in [-0.2, -0.15) is 0 Å². The molecule has 222 valence electrons. The molecule has 2 aromatic carbocycles. The molecule has 3 atom stereocenters. The summed E-state index contributed by atoms with van der Waals surface area (Å²) >= 11 is 12.9. The fraction of sp³-hybridized carbons (Fsp3) is 0.433. The predicted octanol–water partition coefficient (Wildman–Crippen LogP) is 6.35. The number of benzene rings is 2. The lowest BCUT2D eigenvalue weighted by atomic mass is 9.98. The van der Waals surface area contributed by atoms with Crippen LogP contribution in [-0.2, 0) is 14.8 Å². The van der Waals surface area contributed by atoms with Gasteiger partial charge in [-0.25, -0.2) is 17.9 Å². The van der Waals surface area contributed by atoms with Crippen molar-refractivity contribution < 1.29 is 27.3 Å². The molecule has 2 saturated heterocycles. The molecule has 0 unspecified atom stereocenters. The number of ether oxygens (including phenoxy) is 1. The van der Waals surface area contributed by atoms with E-state index in [4.69, 9.17) is 32.5 Å². The highest BCUT2D eigenvalue weighted by Gasteiger charge is 2.44. The van der Waals surface area contributed by atoms with Crippen LogP contribution in [0.15, 0.2) is 47.0 Å². The van der Waals surface area contributed by atoms with E-state index in [-0.39, 0.29) is 29.7 Å². The van der Waals surface area contributed by atoms with Gasteiger partial charge in [0, 0.05) is 47.7 Å². The van der Waals surface area contributed by atoms with E-state index in [2.05, 4.69) is 14.8 Å². The number of esters is 1. The number of piperidine rings is 1. The van der Waals surface area contributed by atoms with Crippen LogP contribution in [0.2, 0.25) is 10.0 Å². The zero-order valence-electron chi connectivity index (χ0n) is 23.2. The number of amides is 1. The Kier molecular flexibility index (Phi) is 7.74. The molecule has 42 heavy (non-hydrogen) atoms. The number of halogens is 2. The standard InChI is InChI=1S/C30H31Cl2N3O6S/c1-16(2)42(38,39)34-29(36)18-8-10-19(11-9-18)35-20-12-13-21(35)15-22(14-20)40-30(37)26-27(33-41-28(26)17-6-7-17)25-23(31)4-3-5-24(25)32/h3-5,8-11,16-17,20-22H,6-7,12-15H2,1-2H3,(H,34,36)/t20-,21+,22+. The van der Waals surface area contributed by atoms with Gasteiger partial charge in [0.05, 0.1) is 15.3 Å². The lowest BCUT2D eigenvalue weighted by Crippen LogP contribution is -2.46. The van der Waals surface area contributed by atoms with Crippen molar-refractivity contribution in [3.63, 3.8) is 0 Å². The number of carbonyl (C=O) groups excluding carboxylic acids is 2. The molecule has 6 rings (SSSR count). The summed E-state index contributed by atoms with van der Waals surface area (Å²) in [5, 5.41) is 4.26. The second kappa shape index (κ2) is 11.2. The molecular formula is C30H31Cl2N3O6S. The quantitative estimate of drug-likeness (QED) is 0.286. The molecule has 2 bridgehead atoms. The van der Waals surface area contributed by atoms with Crippen molar-refractivity contribution in [1.29, 1.82) is 0 Å². The topological polar surface area (TPSA) is 119 Å². The van der Waals surface area contributed by atoms with Crippen LogP contribution in [-0.4, -0.2) is 48.9 Å². The largest absolute Gasteiger partial charge is 0.458 e. The highest BCUT2D eigenvalue weighted by Crippen LogP contribution is 2.47. The lowest BCUT2D eigenvalue weighted by Gasteiger charge is -2.40. The molecule has 1 N–H and O–H groups in total. The minimum absolute atomic E-state index is 0.128. The zero-order valence-corrected chi connectivity index (χ0v) is 25.5. The van der Waals surface area contributed by atoms with Crippen LogP contribution in [0.4, 0.5) is 5.69 Å². The van der Waals surface area contributed by atoms with Crippen LogP contribution in [0.3, 0.4) is 0 Å². The number of hydrogen-bond donors (Lipinski definition) is 1. The maximum atomic E-state index is 13.7. The van der Waals surface area contributed by atoms with E-state index < -0.39 is 27.1 Å². The molecule has 1 aromatic heterocycles. The Morgan fingerprint density at radius 3 is 2.19 bits per heavy atom. The van der Waals surface area contributed by atoms with Crippen LogP contribution in [0.25, 0.3) is 11.3 Å². The van der Waals surface area contributed by atoms with Crippen LogP contribution in [0, 0.1) is 0 Å². The Labute approximate surface area is 254 Å². The molecule has 2 aliphatic heterocycles. The first kappa shape index (κ1) is 29.0.